The minimum absolute atomic E-state index is 0.103. The fraction of sp³-hybridized carbons (Fsp3) is 1.00. The van der Waals surface area contributed by atoms with Gasteiger partial charge in [0.2, 0.25) is 0 Å². The van der Waals surface area contributed by atoms with Crippen LogP contribution in [0.3, 0.4) is 0 Å². The normalized spacial score (nSPS) is 12.7. The van der Waals surface area contributed by atoms with Crippen molar-refractivity contribution < 1.29 is 4.39 Å². The van der Waals surface area contributed by atoms with E-state index in [-0.39, 0.29) is 12.1 Å². The van der Waals surface area contributed by atoms with E-state index in [1.54, 1.807) is 0 Å². The van der Waals surface area contributed by atoms with Crippen molar-refractivity contribution in [2.24, 2.45) is 11.3 Å². The van der Waals surface area contributed by atoms with Crippen molar-refractivity contribution in [3.05, 3.63) is 0 Å². The van der Waals surface area contributed by atoms with Gasteiger partial charge < -0.3 is 0 Å². The van der Waals surface area contributed by atoms with Gasteiger partial charge in [-0.15, -0.1) is 0 Å². The first-order chi connectivity index (χ1) is 3.98. The van der Waals surface area contributed by atoms with Crippen molar-refractivity contribution >= 4 is 0 Å². The molecule has 0 saturated heterocycles. The Bertz CT molecular complexity index is 74.6. The molecule has 0 aromatic rings. The van der Waals surface area contributed by atoms with Crippen molar-refractivity contribution in [1.82, 2.24) is 0 Å². The second kappa shape index (κ2) is 3.19. The first-order valence-electron chi connectivity index (χ1n) is 3.54. The van der Waals surface area contributed by atoms with Crippen molar-refractivity contribution in [2.45, 2.75) is 34.1 Å². The molecule has 1 heteroatoms. The van der Waals surface area contributed by atoms with Gasteiger partial charge in [0.05, 0.1) is 6.67 Å². The highest BCUT2D eigenvalue weighted by Gasteiger charge is 2.18. The van der Waals surface area contributed by atoms with Crippen LogP contribution in [-0.4, -0.2) is 6.67 Å². The van der Waals surface area contributed by atoms with Gasteiger partial charge in [-0.25, -0.2) is 0 Å². The zero-order valence-corrected chi connectivity index (χ0v) is 6.87. The summed E-state index contributed by atoms with van der Waals surface area (Å²) in [6.07, 6.45) is 0.976. The van der Waals surface area contributed by atoms with Crippen LogP contribution in [0, 0.1) is 11.3 Å². The Kier molecular flexibility index (Phi) is 3.16. The van der Waals surface area contributed by atoms with E-state index in [1.165, 1.54) is 0 Å². The smallest absolute Gasteiger partial charge is 0.0945 e. The quantitative estimate of drug-likeness (QED) is 0.553. The summed E-state index contributed by atoms with van der Waals surface area (Å²) in [5, 5.41) is 0. The van der Waals surface area contributed by atoms with Crippen LogP contribution >= 0.6 is 0 Å². The number of hydrogen-bond donors (Lipinski definition) is 0. The van der Waals surface area contributed by atoms with Crippen molar-refractivity contribution in [3.8, 4) is 0 Å². The molecule has 0 nitrogen and oxygen atoms in total. The molecule has 0 aliphatic rings. The predicted octanol–water partition coefficient (Wildman–Crippen LogP) is 3.03. The summed E-state index contributed by atoms with van der Waals surface area (Å²) in [6.45, 7) is 7.97. The summed E-state index contributed by atoms with van der Waals surface area (Å²) >= 11 is 0. The third kappa shape index (κ3) is 4.43. The first-order valence-corrected chi connectivity index (χ1v) is 3.54. The van der Waals surface area contributed by atoms with Crippen molar-refractivity contribution in [1.29, 1.82) is 0 Å². The predicted molar refractivity (Wildman–Crippen MR) is 39.2 cm³/mol. The SMILES string of the molecule is CC(C)CC(C)(C)CF. The van der Waals surface area contributed by atoms with Gasteiger partial charge in [0, 0.05) is 0 Å². The monoisotopic (exact) mass is 132 g/mol. The molecule has 0 N–H and O–H groups in total. The molecule has 0 spiro atoms. The topological polar surface area (TPSA) is 0 Å². The third-order valence-corrected chi connectivity index (χ3v) is 1.32. The number of rotatable bonds is 3. The number of halogens is 1. The maximum atomic E-state index is 12.1. The van der Waals surface area contributed by atoms with Gasteiger partial charge in [0.1, 0.15) is 0 Å². The van der Waals surface area contributed by atoms with Gasteiger partial charge in [-0.1, -0.05) is 27.7 Å². The zero-order valence-electron chi connectivity index (χ0n) is 6.87. The number of hydrogen-bond acceptors (Lipinski definition) is 0. The van der Waals surface area contributed by atoms with Crippen molar-refractivity contribution in [3.63, 3.8) is 0 Å². The molecule has 0 aromatic heterocycles. The number of alkyl halides is 1. The van der Waals surface area contributed by atoms with Gasteiger partial charge in [0.25, 0.3) is 0 Å². The van der Waals surface area contributed by atoms with Crippen LogP contribution in [-0.2, 0) is 0 Å². The molecule has 0 aliphatic heterocycles. The zero-order chi connectivity index (χ0) is 7.49. The summed E-state index contributed by atoms with van der Waals surface area (Å²) in [4.78, 5) is 0. The molecule has 56 valence electrons. The lowest BCUT2D eigenvalue weighted by atomic mass is 9.85. The highest BCUT2D eigenvalue weighted by Crippen LogP contribution is 2.24. The lowest BCUT2D eigenvalue weighted by Crippen LogP contribution is -2.16. The lowest BCUT2D eigenvalue weighted by molar-refractivity contribution is 0.213. The minimum Gasteiger partial charge on any atom is -0.251 e. The van der Waals surface area contributed by atoms with E-state index < -0.39 is 0 Å². The van der Waals surface area contributed by atoms with Gasteiger partial charge in [-0.2, -0.15) is 0 Å². The van der Waals surface area contributed by atoms with Crippen LogP contribution in [0.25, 0.3) is 0 Å². The summed E-state index contributed by atoms with van der Waals surface area (Å²) in [5.41, 5.74) is -0.103. The molecule has 0 heterocycles. The van der Waals surface area contributed by atoms with Gasteiger partial charge >= 0.3 is 0 Å². The van der Waals surface area contributed by atoms with E-state index in [1.807, 2.05) is 13.8 Å². The van der Waals surface area contributed by atoms with Crippen LogP contribution in [0.4, 0.5) is 4.39 Å². The molecular weight excluding hydrogens is 115 g/mol. The summed E-state index contributed by atoms with van der Waals surface area (Å²) in [5.74, 6) is 0.607. The largest absolute Gasteiger partial charge is 0.251 e. The van der Waals surface area contributed by atoms with E-state index >= 15 is 0 Å². The summed E-state index contributed by atoms with van der Waals surface area (Å²) < 4.78 is 12.1. The molecule has 9 heavy (non-hydrogen) atoms. The van der Waals surface area contributed by atoms with E-state index in [2.05, 4.69) is 13.8 Å². The maximum absolute atomic E-state index is 12.1. The Balaban J connectivity index is 3.58. The van der Waals surface area contributed by atoms with Crippen LogP contribution in [0.15, 0.2) is 0 Å². The standard InChI is InChI=1S/C8H17F/c1-7(2)5-8(3,4)6-9/h7H,5-6H2,1-4H3. The fourth-order valence-corrected chi connectivity index (χ4v) is 1.16. The molecule has 0 aromatic carbocycles. The maximum Gasteiger partial charge on any atom is 0.0945 e. The van der Waals surface area contributed by atoms with Crippen molar-refractivity contribution in [2.75, 3.05) is 6.67 Å². The summed E-state index contributed by atoms with van der Waals surface area (Å²) in [6, 6.07) is 0. The average molecular weight is 132 g/mol. The van der Waals surface area contributed by atoms with E-state index in [0.29, 0.717) is 5.92 Å². The van der Waals surface area contributed by atoms with Gasteiger partial charge in [-0.05, 0) is 17.8 Å². The Morgan fingerprint density at radius 1 is 1.33 bits per heavy atom. The Labute approximate surface area is 57.5 Å². The Morgan fingerprint density at radius 2 is 1.78 bits per heavy atom. The molecule has 0 atom stereocenters. The second-order valence-corrected chi connectivity index (χ2v) is 3.90. The molecule has 0 saturated carbocycles. The molecule has 0 amide bonds. The van der Waals surface area contributed by atoms with E-state index in [0.717, 1.165) is 6.42 Å². The minimum atomic E-state index is -0.203. The molecule has 0 fully saturated rings. The fourth-order valence-electron chi connectivity index (χ4n) is 1.16. The van der Waals surface area contributed by atoms with Crippen LogP contribution in [0.2, 0.25) is 0 Å². The molecule has 0 bridgehead atoms. The second-order valence-electron chi connectivity index (χ2n) is 3.90. The Hall–Kier alpha value is -0.0700. The summed E-state index contributed by atoms with van der Waals surface area (Å²) in [7, 11) is 0. The van der Waals surface area contributed by atoms with Gasteiger partial charge in [0.15, 0.2) is 0 Å². The lowest BCUT2D eigenvalue weighted by Gasteiger charge is -2.22. The van der Waals surface area contributed by atoms with Crippen LogP contribution in [0.5, 0.6) is 0 Å². The average Bonchev–Trinajstić information content (AvgIpc) is 1.63. The van der Waals surface area contributed by atoms with Gasteiger partial charge in [-0.3, -0.25) is 4.39 Å². The van der Waals surface area contributed by atoms with Crippen LogP contribution in [0.1, 0.15) is 34.1 Å². The molecule has 0 rings (SSSR count). The molecular formula is C8H17F. The van der Waals surface area contributed by atoms with E-state index in [4.69, 9.17) is 0 Å². The highest BCUT2D eigenvalue weighted by molar-refractivity contribution is 4.68. The molecule has 0 aliphatic carbocycles. The highest BCUT2D eigenvalue weighted by atomic mass is 19.1. The first kappa shape index (κ1) is 8.93. The molecule has 0 unspecified atom stereocenters. The molecule has 0 radical (unpaired) electrons. The van der Waals surface area contributed by atoms with E-state index in [9.17, 15) is 4.39 Å². The Morgan fingerprint density at radius 3 is 1.89 bits per heavy atom. The van der Waals surface area contributed by atoms with Crippen LogP contribution < -0.4 is 0 Å². The third-order valence-electron chi connectivity index (χ3n) is 1.32.